The third-order valence-electron chi connectivity index (χ3n) is 3.50. The molecule has 0 spiro atoms. The van der Waals surface area contributed by atoms with Gasteiger partial charge in [0.2, 0.25) is 0 Å². The van der Waals surface area contributed by atoms with Crippen LogP contribution in [0.3, 0.4) is 0 Å². The number of hydrogen-bond donors (Lipinski definition) is 1. The lowest BCUT2D eigenvalue weighted by Crippen LogP contribution is -2.37. The monoisotopic (exact) mass is 394 g/mol. The standard InChI is InChI=1S/C16H12BrFN2O2S/c17-15-13(6-8-23-15)19-16(22)20-7-5-12(21)9-14(20)10-1-3-11(18)4-2-10/h1-8,14H,9H2,(H,19,22). The Balaban J connectivity index is 1.86. The summed E-state index contributed by atoms with van der Waals surface area (Å²) < 4.78 is 13.9. The maximum atomic E-state index is 13.1. The largest absolute Gasteiger partial charge is 0.326 e. The van der Waals surface area contributed by atoms with Gasteiger partial charge in [0.25, 0.3) is 0 Å². The molecule has 0 aliphatic carbocycles. The van der Waals surface area contributed by atoms with Gasteiger partial charge in [-0.25, -0.2) is 9.18 Å². The quantitative estimate of drug-likeness (QED) is 0.801. The van der Waals surface area contributed by atoms with Crippen LogP contribution in [0.4, 0.5) is 14.9 Å². The molecule has 0 saturated heterocycles. The summed E-state index contributed by atoms with van der Waals surface area (Å²) >= 11 is 4.83. The Morgan fingerprint density at radius 2 is 2.04 bits per heavy atom. The van der Waals surface area contributed by atoms with Gasteiger partial charge in [-0.1, -0.05) is 12.1 Å². The molecule has 7 heteroatoms. The number of carbonyl (C=O) groups excluding carboxylic acids is 2. The van der Waals surface area contributed by atoms with Crippen molar-refractivity contribution in [3.8, 4) is 0 Å². The van der Waals surface area contributed by atoms with Gasteiger partial charge >= 0.3 is 6.03 Å². The van der Waals surface area contributed by atoms with Crippen LogP contribution in [0.15, 0.2) is 51.8 Å². The molecule has 0 radical (unpaired) electrons. The maximum absolute atomic E-state index is 13.1. The minimum Gasteiger partial charge on any atom is -0.306 e. The summed E-state index contributed by atoms with van der Waals surface area (Å²) in [6.07, 6.45) is 3.01. The zero-order valence-electron chi connectivity index (χ0n) is 11.8. The van der Waals surface area contributed by atoms with Gasteiger partial charge in [0.05, 0.1) is 15.5 Å². The molecule has 3 rings (SSSR count). The molecule has 118 valence electrons. The molecule has 1 aromatic heterocycles. The molecule has 1 N–H and O–H groups in total. The topological polar surface area (TPSA) is 49.4 Å². The van der Waals surface area contributed by atoms with E-state index in [1.165, 1.54) is 40.6 Å². The smallest absolute Gasteiger partial charge is 0.306 e. The predicted octanol–water partition coefficient (Wildman–Crippen LogP) is 4.71. The van der Waals surface area contributed by atoms with Crippen LogP contribution in [0.25, 0.3) is 0 Å². The molecular formula is C16H12BrFN2O2S. The second kappa shape index (κ2) is 6.64. The average molecular weight is 395 g/mol. The molecule has 23 heavy (non-hydrogen) atoms. The molecule has 0 bridgehead atoms. The van der Waals surface area contributed by atoms with E-state index in [1.54, 1.807) is 18.2 Å². The van der Waals surface area contributed by atoms with Gasteiger partial charge in [-0.05, 0) is 51.1 Å². The number of hydrogen-bond acceptors (Lipinski definition) is 3. The first kappa shape index (κ1) is 15.9. The van der Waals surface area contributed by atoms with Crippen molar-refractivity contribution in [3.63, 3.8) is 0 Å². The van der Waals surface area contributed by atoms with E-state index in [-0.39, 0.29) is 24.1 Å². The molecule has 2 amide bonds. The summed E-state index contributed by atoms with van der Waals surface area (Å²) in [5.41, 5.74) is 1.38. The van der Waals surface area contributed by atoms with E-state index in [0.717, 1.165) is 3.79 Å². The molecule has 1 aliphatic rings. The highest BCUT2D eigenvalue weighted by Gasteiger charge is 2.29. The summed E-state index contributed by atoms with van der Waals surface area (Å²) in [6.45, 7) is 0. The van der Waals surface area contributed by atoms with Crippen molar-refractivity contribution in [2.75, 3.05) is 5.32 Å². The van der Waals surface area contributed by atoms with Crippen molar-refractivity contribution in [2.24, 2.45) is 0 Å². The maximum Gasteiger partial charge on any atom is 0.326 e. The Bertz CT molecular complexity index is 773. The number of halogens is 2. The molecule has 1 aliphatic heterocycles. The fourth-order valence-corrected chi connectivity index (χ4v) is 3.48. The Hall–Kier alpha value is -1.99. The van der Waals surface area contributed by atoms with Crippen molar-refractivity contribution in [3.05, 3.63) is 63.2 Å². The Morgan fingerprint density at radius 3 is 2.70 bits per heavy atom. The van der Waals surface area contributed by atoms with Crippen molar-refractivity contribution in [1.82, 2.24) is 4.90 Å². The molecule has 2 heterocycles. The number of nitrogens with zero attached hydrogens (tertiary/aromatic N) is 1. The zero-order valence-corrected chi connectivity index (χ0v) is 14.2. The highest BCUT2D eigenvalue weighted by Crippen LogP contribution is 2.32. The molecule has 2 aromatic rings. The molecule has 1 atom stereocenters. The second-order valence-corrected chi connectivity index (χ2v) is 7.23. The summed E-state index contributed by atoms with van der Waals surface area (Å²) in [5, 5.41) is 4.65. The van der Waals surface area contributed by atoms with E-state index in [4.69, 9.17) is 0 Å². The summed E-state index contributed by atoms with van der Waals surface area (Å²) in [7, 11) is 0. The van der Waals surface area contributed by atoms with Gasteiger partial charge in [0, 0.05) is 12.6 Å². The summed E-state index contributed by atoms with van der Waals surface area (Å²) in [6, 6.07) is 6.82. The minimum atomic E-state index is -0.453. The Morgan fingerprint density at radius 1 is 1.30 bits per heavy atom. The van der Waals surface area contributed by atoms with Crippen LogP contribution < -0.4 is 5.32 Å². The molecule has 1 aromatic carbocycles. The van der Waals surface area contributed by atoms with Crippen molar-refractivity contribution in [2.45, 2.75) is 12.5 Å². The average Bonchev–Trinajstić information content (AvgIpc) is 2.93. The Labute approximate surface area is 144 Å². The third-order valence-corrected chi connectivity index (χ3v) is 5.19. The van der Waals surface area contributed by atoms with E-state index in [2.05, 4.69) is 21.2 Å². The van der Waals surface area contributed by atoms with E-state index >= 15 is 0 Å². The van der Waals surface area contributed by atoms with Crippen molar-refractivity contribution >= 4 is 44.8 Å². The van der Waals surface area contributed by atoms with Crippen LogP contribution in [-0.4, -0.2) is 16.7 Å². The van der Waals surface area contributed by atoms with Gasteiger partial charge in [-0.2, -0.15) is 0 Å². The number of benzene rings is 1. The number of anilines is 1. The molecule has 4 nitrogen and oxygen atoms in total. The number of thiophene rings is 1. The Kier molecular flexibility index (Phi) is 4.58. The minimum absolute atomic E-state index is 0.0694. The number of allylic oxidation sites excluding steroid dienone is 1. The molecule has 0 saturated carbocycles. The fourth-order valence-electron chi connectivity index (χ4n) is 2.36. The van der Waals surface area contributed by atoms with Gasteiger partial charge in [-0.3, -0.25) is 9.69 Å². The number of urea groups is 1. The zero-order chi connectivity index (χ0) is 16.4. The first-order valence-electron chi connectivity index (χ1n) is 6.83. The lowest BCUT2D eigenvalue weighted by molar-refractivity contribution is -0.116. The highest BCUT2D eigenvalue weighted by molar-refractivity contribution is 9.11. The third kappa shape index (κ3) is 3.51. The lowest BCUT2D eigenvalue weighted by Gasteiger charge is -2.31. The van der Waals surface area contributed by atoms with Gasteiger partial charge in [0.15, 0.2) is 5.78 Å². The van der Waals surface area contributed by atoms with Gasteiger partial charge in [0.1, 0.15) is 5.82 Å². The molecule has 1 unspecified atom stereocenters. The number of ketones is 1. The van der Waals surface area contributed by atoms with Gasteiger partial charge in [-0.15, -0.1) is 11.3 Å². The SMILES string of the molecule is O=C1C=CN(C(=O)Nc2ccsc2Br)C(c2ccc(F)cc2)C1. The van der Waals surface area contributed by atoms with Crippen LogP contribution in [0, 0.1) is 5.82 Å². The predicted molar refractivity (Wildman–Crippen MR) is 90.8 cm³/mol. The van der Waals surface area contributed by atoms with E-state index in [9.17, 15) is 14.0 Å². The second-order valence-electron chi connectivity index (χ2n) is 5.00. The number of rotatable bonds is 2. The van der Waals surface area contributed by atoms with E-state index in [0.29, 0.717) is 11.3 Å². The van der Waals surface area contributed by atoms with E-state index < -0.39 is 6.04 Å². The van der Waals surface area contributed by atoms with Crippen LogP contribution in [-0.2, 0) is 4.79 Å². The van der Waals surface area contributed by atoms with Crippen LogP contribution in [0.5, 0.6) is 0 Å². The van der Waals surface area contributed by atoms with Crippen molar-refractivity contribution < 1.29 is 14.0 Å². The first-order chi connectivity index (χ1) is 11.0. The fraction of sp³-hybridized carbons (Fsp3) is 0.125. The van der Waals surface area contributed by atoms with Crippen LogP contribution in [0.1, 0.15) is 18.0 Å². The van der Waals surface area contributed by atoms with E-state index in [1.807, 2.05) is 5.38 Å². The van der Waals surface area contributed by atoms with Crippen LogP contribution in [0.2, 0.25) is 0 Å². The normalized spacial score (nSPS) is 17.4. The molecule has 0 fully saturated rings. The highest BCUT2D eigenvalue weighted by atomic mass is 79.9. The lowest BCUT2D eigenvalue weighted by atomic mass is 9.97. The van der Waals surface area contributed by atoms with Gasteiger partial charge < -0.3 is 5.32 Å². The number of amides is 2. The summed E-state index contributed by atoms with van der Waals surface area (Å²) in [5.74, 6) is -0.426. The number of carbonyl (C=O) groups is 2. The van der Waals surface area contributed by atoms with Crippen LogP contribution >= 0.6 is 27.3 Å². The summed E-state index contributed by atoms with van der Waals surface area (Å²) in [4.78, 5) is 25.7. The first-order valence-corrected chi connectivity index (χ1v) is 8.50. The molecular weight excluding hydrogens is 383 g/mol. The number of nitrogens with one attached hydrogen (secondary N) is 1. The van der Waals surface area contributed by atoms with Crippen molar-refractivity contribution in [1.29, 1.82) is 0 Å².